The Bertz CT molecular complexity index is 2070. The highest BCUT2D eigenvalue weighted by Gasteiger charge is 2.67. The maximum Gasteiger partial charge on any atom is 0.339 e. The zero-order valence-electron chi connectivity index (χ0n) is 25.0. The van der Waals surface area contributed by atoms with Crippen molar-refractivity contribution in [1.29, 1.82) is 0 Å². The van der Waals surface area contributed by atoms with Gasteiger partial charge in [0.25, 0.3) is 5.69 Å². The van der Waals surface area contributed by atoms with E-state index in [1.165, 1.54) is 17.0 Å². The molecule has 11 heteroatoms. The molecule has 5 aliphatic rings. The number of hydrogen-bond acceptors (Lipinski definition) is 8. The standard InChI is InChI=1S/C36H26ClN3O7/c1-17-2-11-28-25(12-17)26(36(44)47-16-31(41)19-5-10-27(37)30(13-19)40(45)46)15-29(38-28)18-3-6-20(7-4-18)39-34(42)32-21-8-9-22(24-14-23(21)24)33(32)35(39)43/h2-13,15,21-24,32-33H,14,16H2,1H3. The van der Waals surface area contributed by atoms with Crippen LogP contribution in [0, 0.1) is 52.5 Å². The number of allylic oxidation sites excluding steroid dienone is 2. The summed E-state index contributed by atoms with van der Waals surface area (Å²) in [6, 6.07) is 17.6. The van der Waals surface area contributed by atoms with Gasteiger partial charge in [-0.3, -0.25) is 29.4 Å². The Balaban J connectivity index is 1.06. The van der Waals surface area contributed by atoms with Crippen molar-refractivity contribution >= 4 is 57.4 Å². The molecule has 9 rings (SSSR count). The van der Waals surface area contributed by atoms with E-state index in [0.29, 0.717) is 39.7 Å². The molecule has 0 N–H and O–H groups in total. The molecule has 4 aromatic rings. The molecular formula is C36H26ClN3O7. The van der Waals surface area contributed by atoms with Crippen molar-refractivity contribution in [2.45, 2.75) is 13.3 Å². The van der Waals surface area contributed by atoms with E-state index in [-0.39, 0.29) is 51.6 Å². The summed E-state index contributed by atoms with van der Waals surface area (Å²) in [6.45, 7) is 1.23. The molecule has 6 unspecified atom stereocenters. The van der Waals surface area contributed by atoms with Gasteiger partial charge in [-0.15, -0.1) is 0 Å². The Labute approximate surface area is 273 Å². The Hall–Kier alpha value is -5.22. The maximum absolute atomic E-state index is 13.6. The summed E-state index contributed by atoms with van der Waals surface area (Å²) in [5.41, 5.74) is 2.76. The van der Waals surface area contributed by atoms with E-state index < -0.39 is 29.0 Å². The average Bonchev–Trinajstić information content (AvgIpc) is 3.85. The number of rotatable bonds is 7. The highest BCUT2D eigenvalue weighted by Crippen LogP contribution is 2.65. The zero-order valence-corrected chi connectivity index (χ0v) is 25.7. The van der Waals surface area contributed by atoms with Crippen LogP contribution in [0.5, 0.6) is 0 Å². The third-order valence-electron chi connectivity index (χ3n) is 10.1. The number of ether oxygens (including phenoxy) is 1. The van der Waals surface area contributed by atoms with Gasteiger partial charge in [0.2, 0.25) is 17.6 Å². The molecule has 3 aromatic carbocycles. The molecule has 47 heavy (non-hydrogen) atoms. The molecule has 2 amide bonds. The number of benzene rings is 3. The van der Waals surface area contributed by atoms with Gasteiger partial charge < -0.3 is 4.74 Å². The molecule has 0 spiro atoms. The number of hydrogen-bond donors (Lipinski definition) is 0. The predicted molar refractivity (Wildman–Crippen MR) is 172 cm³/mol. The third-order valence-corrected chi connectivity index (χ3v) is 10.4. The molecule has 4 aliphatic carbocycles. The summed E-state index contributed by atoms with van der Waals surface area (Å²) >= 11 is 5.86. The summed E-state index contributed by atoms with van der Waals surface area (Å²) in [5, 5.41) is 11.7. The first kappa shape index (κ1) is 29.2. The molecule has 1 saturated heterocycles. The largest absolute Gasteiger partial charge is 0.454 e. The van der Waals surface area contributed by atoms with Crippen molar-refractivity contribution < 1.29 is 28.8 Å². The molecule has 2 saturated carbocycles. The second-order valence-electron chi connectivity index (χ2n) is 12.7. The van der Waals surface area contributed by atoms with Crippen LogP contribution in [0.3, 0.4) is 0 Å². The van der Waals surface area contributed by atoms with E-state index in [1.54, 1.807) is 42.5 Å². The topological polar surface area (TPSA) is 137 Å². The van der Waals surface area contributed by atoms with Gasteiger partial charge in [-0.2, -0.15) is 0 Å². The monoisotopic (exact) mass is 647 g/mol. The van der Waals surface area contributed by atoms with E-state index >= 15 is 0 Å². The number of aryl methyl sites for hydroxylation is 1. The van der Waals surface area contributed by atoms with Crippen molar-refractivity contribution in [3.8, 4) is 11.3 Å². The van der Waals surface area contributed by atoms with E-state index in [4.69, 9.17) is 21.3 Å². The minimum Gasteiger partial charge on any atom is -0.454 e. The Morgan fingerprint density at radius 3 is 2.30 bits per heavy atom. The number of imide groups is 1. The van der Waals surface area contributed by atoms with E-state index in [9.17, 15) is 29.3 Å². The van der Waals surface area contributed by atoms with Crippen LogP contribution in [0.1, 0.15) is 32.7 Å². The number of aromatic nitrogens is 1. The summed E-state index contributed by atoms with van der Waals surface area (Å²) in [7, 11) is 0. The number of ketones is 1. The Morgan fingerprint density at radius 1 is 0.957 bits per heavy atom. The fourth-order valence-electron chi connectivity index (χ4n) is 7.77. The first-order chi connectivity index (χ1) is 22.6. The van der Waals surface area contributed by atoms with Gasteiger partial charge in [0.1, 0.15) is 5.02 Å². The van der Waals surface area contributed by atoms with Crippen LogP contribution in [0.15, 0.2) is 78.9 Å². The van der Waals surface area contributed by atoms with Gasteiger partial charge >= 0.3 is 5.97 Å². The number of amides is 2. The number of nitrogens with zero attached hydrogens (tertiary/aromatic N) is 3. The quantitative estimate of drug-likeness (QED) is 0.0564. The van der Waals surface area contributed by atoms with Crippen molar-refractivity contribution in [2.75, 3.05) is 11.5 Å². The third kappa shape index (κ3) is 4.66. The number of anilines is 1. The minimum atomic E-state index is -0.769. The Morgan fingerprint density at radius 2 is 1.64 bits per heavy atom. The summed E-state index contributed by atoms with van der Waals surface area (Å²) in [6.07, 6.45) is 5.39. The first-order valence-corrected chi connectivity index (χ1v) is 15.7. The normalized spacial score (nSPS) is 25.1. The Kier molecular flexibility index (Phi) is 6.63. The molecule has 2 bridgehead atoms. The van der Waals surface area contributed by atoms with E-state index in [0.717, 1.165) is 18.1 Å². The number of fused-ring (bicyclic) bond motifs is 1. The van der Waals surface area contributed by atoms with Crippen LogP contribution in [-0.2, 0) is 14.3 Å². The number of Topliss-reactive ketones (excluding diaryl/α,β-unsaturated/α-hetero) is 1. The van der Waals surface area contributed by atoms with Gasteiger partial charge in [0.15, 0.2) is 6.61 Å². The number of halogens is 1. The molecule has 2 heterocycles. The number of carbonyl (C=O) groups excluding carboxylic acids is 4. The number of nitro benzene ring substituents is 1. The van der Waals surface area contributed by atoms with Gasteiger partial charge in [0, 0.05) is 22.6 Å². The first-order valence-electron chi connectivity index (χ1n) is 15.3. The molecular weight excluding hydrogens is 622 g/mol. The second kappa shape index (κ2) is 10.7. The maximum atomic E-state index is 13.6. The summed E-state index contributed by atoms with van der Waals surface area (Å²) in [5.74, 6) is -0.932. The number of esters is 1. The fraction of sp³-hybridized carbons (Fsp3) is 0.250. The number of nitro groups is 1. The van der Waals surface area contributed by atoms with Crippen molar-refractivity contribution in [2.24, 2.45) is 35.5 Å². The van der Waals surface area contributed by atoms with Crippen LogP contribution in [0.2, 0.25) is 5.02 Å². The SMILES string of the molecule is Cc1ccc2nc(-c3ccc(N4C(=O)C5C6C=CC(C7CC67)C5C4=O)cc3)cc(C(=O)OCC(=O)c3ccc(Cl)c([N+](=O)[O-])c3)c2c1. The number of carbonyl (C=O) groups is 4. The predicted octanol–water partition coefficient (Wildman–Crippen LogP) is 6.37. The molecule has 6 atom stereocenters. The van der Waals surface area contributed by atoms with Gasteiger partial charge in [0.05, 0.1) is 39.2 Å². The van der Waals surface area contributed by atoms with Crippen LogP contribution in [-0.4, -0.2) is 40.1 Å². The van der Waals surface area contributed by atoms with Crippen LogP contribution < -0.4 is 4.90 Å². The fourth-order valence-corrected chi connectivity index (χ4v) is 7.95. The van der Waals surface area contributed by atoms with E-state index in [2.05, 4.69) is 12.2 Å². The van der Waals surface area contributed by atoms with Crippen molar-refractivity contribution in [3.05, 3.63) is 111 Å². The lowest BCUT2D eigenvalue weighted by Crippen LogP contribution is -2.40. The van der Waals surface area contributed by atoms with Crippen LogP contribution >= 0.6 is 11.6 Å². The van der Waals surface area contributed by atoms with Gasteiger partial charge in [-0.1, -0.05) is 47.5 Å². The molecule has 0 radical (unpaired) electrons. The summed E-state index contributed by atoms with van der Waals surface area (Å²) < 4.78 is 5.40. The molecule has 234 valence electrons. The van der Waals surface area contributed by atoms with Crippen LogP contribution in [0.4, 0.5) is 11.4 Å². The smallest absolute Gasteiger partial charge is 0.339 e. The van der Waals surface area contributed by atoms with Crippen LogP contribution in [0.25, 0.3) is 22.2 Å². The summed E-state index contributed by atoms with van der Waals surface area (Å²) in [4.78, 5) is 70.0. The minimum absolute atomic E-state index is 0.0138. The van der Waals surface area contributed by atoms with Gasteiger partial charge in [-0.25, -0.2) is 9.78 Å². The molecule has 3 fully saturated rings. The van der Waals surface area contributed by atoms with Crippen molar-refractivity contribution in [3.63, 3.8) is 0 Å². The van der Waals surface area contributed by atoms with E-state index in [1.807, 2.05) is 13.0 Å². The molecule has 10 nitrogen and oxygen atoms in total. The highest BCUT2D eigenvalue weighted by molar-refractivity contribution is 6.32. The zero-order chi connectivity index (χ0) is 32.7. The highest BCUT2D eigenvalue weighted by atomic mass is 35.5. The van der Waals surface area contributed by atoms with Gasteiger partial charge in [-0.05, 0) is 79.5 Å². The molecule has 1 aliphatic heterocycles. The average molecular weight is 648 g/mol. The lowest BCUT2D eigenvalue weighted by Gasteiger charge is -2.37. The number of pyridine rings is 1. The molecule has 1 aromatic heterocycles. The lowest BCUT2D eigenvalue weighted by molar-refractivity contribution is -0.384. The second-order valence-corrected chi connectivity index (χ2v) is 13.1. The lowest BCUT2D eigenvalue weighted by atomic mass is 9.63. The van der Waals surface area contributed by atoms with Crippen molar-refractivity contribution in [1.82, 2.24) is 4.98 Å².